The van der Waals surface area contributed by atoms with Crippen molar-refractivity contribution in [3.8, 4) is 5.75 Å². The summed E-state index contributed by atoms with van der Waals surface area (Å²) in [5, 5.41) is 0. The molecule has 0 saturated heterocycles. The first-order valence-electron chi connectivity index (χ1n) is 5.17. The van der Waals surface area contributed by atoms with E-state index < -0.39 is 11.6 Å². The van der Waals surface area contributed by atoms with E-state index in [1.807, 2.05) is 20.8 Å². The SMILES string of the molecule is CC(C)(C)OC(=O)COc1cc(N)cc(Br)c1. The summed E-state index contributed by atoms with van der Waals surface area (Å²) in [5.41, 5.74) is 5.71. The number of nitrogen functional groups attached to an aromatic ring is 1. The predicted octanol–water partition coefficient (Wildman–Crippen LogP) is 2.75. The molecule has 0 unspecified atom stereocenters. The minimum Gasteiger partial charge on any atom is -0.482 e. The fraction of sp³-hybridized carbons (Fsp3) is 0.417. The van der Waals surface area contributed by atoms with Crippen LogP contribution in [0.2, 0.25) is 0 Å². The number of carbonyl (C=O) groups is 1. The molecule has 0 aliphatic rings. The zero-order valence-electron chi connectivity index (χ0n) is 10.1. The van der Waals surface area contributed by atoms with Crippen molar-refractivity contribution in [2.24, 2.45) is 0 Å². The summed E-state index contributed by atoms with van der Waals surface area (Å²) < 4.78 is 11.2. The summed E-state index contributed by atoms with van der Waals surface area (Å²) in [6, 6.07) is 5.14. The molecule has 1 rings (SSSR count). The molecule has 0 saturated carbocycles. The summed E-state index contributed by atoms with van der Waals surface area (Å²) >= 11 is 3.29. The molecular formula is C12H16BrNO3. The van der Waals surface area contributed by atoms with Gasteiger partial charge in [0.25, 0.3) is 0 Å². The summed E-state index contributed by atoms with van der Waals surface area (Å²) in [4.78, 5) is 11.4. The molecule has 4 nitrogen and oxygen atoms in total. The van der Waals surface area contributed by atoms with E-state index in [4.69, 9.17) is 15.2 Å². The zero-order valence-corrected chi connectivity index (χ0v) is 11.7. The van der Waals surface area contributed by atoms with Crippen LogP contribution in [0.3, 0.4) is 0 Å². The largest absolute Gasteiger partial charge is 0.482 e. The normalized spacial score (nSPS) is 11.1. The number of nitrogens with two attached hydrogens (primary N) is 1. The Hall–Kier alpha value is -1.23. The average molecular weight is 302 g/mol. The molecule has 0 heterocycles. The number of carbonyl (C=O) groups excluding carboxylic acids is 1. The highest BCUT2D eigenvalue weighted by Crippen LogP contribution is 2.22. The molecule has 0 aliphatic heterocycles. The van der Waals surface area contributed by atoms with Crippen molar-refractivity contribution in [1.29, 1.82) is 0 Å². The second-order valence-corrected chi connectivity index (χ2v) is 5.51. The second kappa shape index (κ2) is 5.40. The van der Waals surface area contributed by atoms with Gasteiger partial charge in [0.1, 0.15) is 11.4 Å². The van der Waals surface area contributed by atoms with Gasteiger partial charge < -0.3 is 15.2 Å². The molecule has 1 aromatic rings. The van der Waals surface area contributed by atoms with Crippen molar-refractivity contribution < 1.29 is 14.3 Å². The van der Waals surface area contributed by atoms with Crippen molar-refractivity contribution in [3.05, 3.63) is 22.7 Å². The van der Waals surface area contributed by atoms with Crippen molar-refractivity contribution in [2.75, 3.05) is 12.3 Å². The van der Waals surface area contributed by atoms with Crippen molar-refractivity contribution in [3.63, 3.8) is 0 Å². The lowest BCUT2D eigenvalue weighted by Crippen LogP contribution is -2.27. The number of hydrogen-bond donors (Lipinski definition) is 1. The van der Waals surface area contributed by atoms with Gasteiger partial charge in [0.2, 0.25) is 0 Å². The van der Waals surface area contributed by atoms with E-state index in [-0.39, 0.29) is 6.61 Å². The molecule has 0 aromatic heterocycles. The van der Waals surface area contributed by atoms with Crippen LogP contribution in [-0.2, 0) is 9.53 Å². The maximum absolute atomic E-state index is 11.4. The molecule has 17 heavy (non-hydrogen) atoms. The van der Waals surface area contributed by atoms with Gasteiger partial charge in [-0.25, -0.2) is 4.79 Å². The van der Waals surface area contributed by atoms with Crippen LogP contribution in [0.25, 0.3) is 0 Å². The van der Waals surface area contributed by atoms with Gasteiger partial charge in [0.15, 0.2) is 6.61 Å². The van der Waals surface area contributed by atoms with Gasteiger partial charge in [-0.15, -0.1) is 0 Å². The smallest absolute Gasteiger partial charge is 0.344 e. The van der Waals surface area contributed by atoms with Crippen molar-refractivity contribution >= 4 is 27.6 Å². The molecule has 0 aliphatic carbocycles. The Morgan fingerprint density at radius 1 is 1.35 bits per heavy atom. The van der Waals surface area contributed by atoms with E-state index in [1.54, 1.807) is 18.2 Å². The standard InChI is InChI=1S/C12H16BrNO3/c1-12(2,3)17-11(15)7-16-10-5-8(13)4-9(14)6-10/h4-6H,7,14H2,1-3H3. The summed E-state index contributed by atoms with van der Waals surface area (Å²) in [5.74, 6) is 0.124. The number of ether oxygens (including phenoxy) is 2. The number of rotatable bonds is 3. The summed E-state index contributed by atoms with van der Waals surface area (Å²) in [6.07, 6.45) is 0. The van der Waals surface area contributed by atoms with E-state index >= 15 is 0 Å². The van der Waals surface area contributed by atoms with Crippen LogP contribution in [0, 0.1) is 0 Å². The molecule has 0 fully saturated rings. The second-order valence-electron chi connectivity index (χ2n) is 4.60. The number of esters is 1. The Morgan fingerprint density at radius 3 is 2.53 bits per heavy atom. The highest BCUT2D eigenvalue weighted by atomic mass is 79.9. The molecule has 94 valence electrons. The van der Waals surface area contributed by atoms with Gasteiger partial charge >= 0.3 is 5.97 Å². The highest BCUT2D eigenvalue weighted by molar-refractivity contribution is 9.10. The lowest BCUT2D eigenvalue weighted by molar-refractivity contribution is -0.157. The number of benzene rings is 1. The Kier molecular flexibility index (Phi) is 4.40. The van der Waals surface area contributed by atoms with Gasteiger partial charge in [-0.05, 0) is 32.9 Å². The van der Waals surface area contributed by atoms with Gasteiger partial charge in [0, 0.05) is 16.2 Å². The molecule has 1 aromatic carbocycles. The topological polar surface area (TPSA) is 61.5 Å². The summed E-state index contributed by atoms with van der Waals surface area (Å²) in [6.45, 7) is 5.29. The summed E-state index contributed by atoms with van der Waals surface area (Å²) in [7, 11) is 0. The molecule has 5 heteroatoms. The van der Waals surface area contributed by atoms with E-state index in [1.165, 1.54) is 0 Å². The first kappa shape index (κ1) is 13.8. The van der Waals surface area contributed by atoms with Crippen LogP contribution in [0.1, 0.15) is 20.8 Å². The van der Waals surface area contributed by atoms with E-state index in [9.17, 15) is 4.79 Å². The third-order valence-corrected chi connectivity index (χ3v) is 2.13. The quantitative estimate of drug-likeness (QED) is 0.689. The van der Waals surface area contributed by atoms with Gasteiger partial charge in [-0.3, -0.25) is 0 Å². The molecule has 0 radical (unpaired) electrons. The first-order chi connectivity index (χ1) is 7.76. The highest BCUT2D eigenvalue weighted by Gasteiger charge is 2.16. The minimum absolute atomic E-state index is 0.132. The maximum Gasteiger partial charge on any atom is 0.344 e. The lowest BCUT2D eigenvalue weighted by atomic mass is 10.2. The average Bonchev–Trinajstić information content (AvgIpc) is 2.10. The molecule has 0 amide bonds. The molecule has 0 bridgehead atoms. The van der Waals surface area contributed by atoms with Gasteiger partial charge in [-0.1, -0.05) is 15.9 Å². The van der Waals surface area contributed by atoms with Crippen molar-refractivity contribution in [1.82, 2.24) is 0 Å². The molecule has 0 atom stereocenters. The van der Waals surface area contributed by atoms with Gasteiger partial charge in [0.05, 0.1) is 0 Å². The number of hydrogen-bond acceptors (Lipinski definition) is 4. The first-order valence-corrected chi connectivity index (χ1v) is 5.96. The maximum atomic E-state index is 11.4. The van der Waals surface area contributed by atoms with E-state index in [0.29, 0.717) is 11.4 Å². The molecule has 2 N–H and O–H groups in total. The number of halogens is 1. The van der Waals surface area contributed by atoms with Crippen molar-refractivity contribution in [2.45, 2.75) is 26.4 Å². The third kappa shape index (κ3) is 5.58. The Balaban J connectivity index is 2.53. The predicted molar refractivity (Wildman–Crippen MR) is 69.9 cm³/mol. The fourth-order valence-electron chi connectivity index (χ4n) is 1.18. The van der Waals surface area contributed by atoms with Crippen LogP contribution in [0.15, 0.2) is 22.7 Å². The van der Waals surface area contributed by atoms with E-state index in [0.717, 1.165) is 4.47 Å². The zero-order chi connectivity index (χ0) is 13.1. The monoisotopic (exact) mass is 301 g/mol. The Morgan fingerprint density at radius 2 is 2.00 bits per heavy atom. The molecule has 0 spiro atoms. The Bertz CT molecular complexity index is 392. The lowest BCUT2D eigenvalue weighted by Gasteiger charge is -2.19. The van der Waals surface area contributed by atoms with Gasteiger partial charge in [-0.2, -0.15) is 0 Å². The van der Waals surface area contributed by atoms with Crippen LogP contribution < -0.4 is 10.5 Å². The van der Waals surface area contributed by atoms with Crippen LogP contribution in [0.5, 0.6) is 5.75 Å². The van der Waals surface area contributed by atoms with Crippen LogP contribution >= 0.6 is 15.9 Å². The van der Waals surface area contributed by atoms with E-state index in [2.05, 4.69) is 15.9 Å². The Labute approximate surface area is 109 Å². The van der Waals surface area contributed by atoms with Crippen LogP contribution in [0.4, 0.5) is 5.69 Å². The van der Waals surface area contributed by atoms with Crippen LogP contribution in [-0.4, -0.2) is 18.2 Å². The fourth-order valence-corrected chi connectivity index (χ4v) is 1.67. The number of anilines is 1. The minimum atomic E-state index is -0.503. The third-order valence-electron chi connectivity index (χ3n) is 1.67. The molecular weight excluding hydrogens is 286 g/mol.